The highest BCUT2D eigenvalue weighted by molar-refractivity contribution is 7.17. The van der Waals surface area contributed by atoms with Crippen molar-refractivity contribution in [3.63, 3.8) is 0 Å². The van der Waals surface area contributed by atoms with Gasteiger partial charge in [-0.05, 0) is 30.2 Å². The minimum absolute atomic E-state index is 0.0160. The number of hydrogen-bond acceptors (Lipinski definition) is 6. The quantitative estimate of drug-likeness (QED) is 0.846. The zero-order valence-electron chi connectivity index (χ0n) is 13.7. The van der Waals surface area contributed by atoms with Crippen LogP contribution in [0.15, 0.2) is 30.3 Å². The highest BCUT2D eigenvalue weighted by atomic mass is 35.5. The Balaban J connectivity index is 1.63. The standard InChI is InChI=1S/C18H19ClN4OS/c19-14-5-1-2-6-15(14)21-8-13-12-4-3-7-16(12)25-18(13)22-10-20-23(11-24)17(22)9-21/h1-3,5-7,17,20,24H,4,8-11H2. The van der Waals surface area contributed by atoms with Gasteiger partial charge in [-0.2, -0.15) is 5.01 Å². The summed E-state index contributed by atoms with van der Waals surface area (Å²) in [6, 6.07) is 8.01. The molecule has 1 atom stereocenters. The monoisotopic (exact) mass is 374 g/mol. The van der Waals surface area contributed by atoms with Crippen LogP contribution in [0.2, 0.25) is 5.02 Å². The molecule has 1 unspecified atom stereocenters. The predicted octanol–water partition coefficient (Wildman–Crippen LogP) is 2.85. The van der Waals surface area contributed by atoms with Crippen molar-refractivity contribution in [1.82, 2.24) is 10.4 Å². The third kappa shape index (κ3) is 2.40. The van der Waals surface area contributed by atoms with E-state index in [-0.39, 0.29) is 12.9 Å². The Labute approximate surface area is 155 Å². The van der Waals surface area contributed by atoms with Crippen LogP contribution in [0.4, 0.5) is 10.7 Å². The van der Waals surface area contributed by atoms with E-state index in [0.717, 1.165) is 36.9 Å². The molecule has 1 saturated heterocycles. The molecule has 5 nitrogen and oxygen atoms in total. The molecule has 1 aromatic carbocycles. The predicted molar refractivity (Wildman–Crippen MR) is 103 cm³/mol. The Morgan fingerprint density at radius 3 is 3.00 bits per heavy atom. The maximum absolute atomic E-state index is 9.76. The molecule has 3 aliphatic rings. The van der Waals surface area contributed by atoms with Gasteiger partial charge in [0.05, 0.1) is 28.9 Å². The van der Waals surface area contributed by atoms with Crippen molar-refractivity contribution < 1.29 is 5.11 Å². The number of aliphatic hydroxyl groups is 1. The molecule has 7 heteroatoms. The molecule has 5 rings (SSSR count). The largest absolute Gasteiger partial charge is 0.380 e. The maximum Gasteiger partial charge on any atom is 0.117 e. The van der Waals surface area contributed by atoms with Crippen LogP contribution in [0.3, 0.4) is 0 Å². The smallest absolute Gasteiger partial charge is 0.117 e. The molecule has 2 N–H and O–H groups in total. The summed E-state index contributed by atoms with van der Waals surface area (Å²) in [4.78, 5) is 6.08. The second-order valence-electron chi connectivity index (χ2n) is 6.54. The lowest BCUT2D eigenvalue weighted by molar-refractivity contribution is 0.0596. The van der Waals surface area contributed by atoms with Crippen LogP contribution in [0, 0.1) is 0 Å². The van der Waals surface area contributed by atoms with Crippen LogP contribution in [-0.4, -0.2) is 36.2 Å². The van der Waals surface area contributed by atoms with Gasteiger partial charge in [-0.1, -0.05) is 29.8 Å². The van der Waals surface area contributed by atoms with Crippen LogP contribution < -0.4 is 15.2 Å². The number of nitrogens with one attached hydrogen (secondary N) is 1. The summed E-state index contributed by atoms with van der Waals surface area (Å²) in [5.74, 6) is 0. The zero-order chi connectivity index (χ0) is 17.0. The van der Waals surface area contributed by atoms with E-state index in [1.807, 2.05) is 34.5 Å². The van der Waals surface area contributed by atoms with Gasteiger partial charge in [0.1, 0.15) is 12.9 Å². The lowest BCUT2D eigenvalue weighted by atomic mass is 10.1. The number of benzene rings is 1. The Hall–Kier alpha value is -1.57. The number of thiophene rings is 1. The molecule has 2 aliphatic heterocycles. The van der Waals surface area contributed by atoms with E-state index >= 15 is 0 Å². The van der Waals surface area contributed by atoms with Gasteiger partial charge >= 0.3 is 0 Å². The van der Waals surface area contributed by atoms with Crippen LogP contribution in [0.5, 0.6) is 0 Å². The van der Waals surface area contributed by atoms with E-state index in [9.17, 15) is 5.11 Å². The lowest BCUT2D eigenvalue weighted by Crippen LogP contribution is -2.47. The van der Waals surface area contributed by atoms with Crippen molar-refractivity contribution >= 4 is 39.7 Å². The molecule has 3 heterocycles. The fraction of sp³-hybridized carbons (Fsp3) is 0.333. The number of allylic oxidation sites excluding steroid dienone is 1. The maximum atomic E-state index is 9.76. The third-order valence-electron chi connectivity index (χ3n) is 5.22. The third-order valence-corrected chi connectivity index (χ3v) is 6.82. The van der Waals surface area contributed by atoms with Gasteiger partial charge in [-0.15, -0.1) is 11.3 Å². The Morgan fingerprint density at radius 2 is 2.16 bits per heavy atom. The number of hydrogen-bond donors (Lipinski definition) is 2. The van der Waals surface area contributed by atoms with Crippen molar-refractivity contribution in [1.29, 1.82) is 0 Å². The van der Waals surface area contributed by atoms with E-state index in [0.29, 0.717) is 0 Å². The van der Waals surface area contributed by atoms with Crippen LogP contribution in [0.25, 0.3) is 6.08 Å². The summed E-state index contributed by atoms with van der Waals surface area (Å²) in [6.07, 6.45) is 5.56. The SMILES string of the molecule is OCN1NCN2c3sc4c(c3CN(c3ccccc3Cl)CC12)CC=C4. The topological polar surface area (TPSA) is 42.0 Å². The summed E-state index contributed by atoms with van der Waals surface area (Å²) in [5, 5.41) is 13.7. The van der Waals surface area contributed by atoms with Crippen LogP contribution >= 0.6 is 22.9 Å². The fourth-order valence-electron chi connectivity index (χ4n) is 3.98. The average molecular weight is 375 g/mol. The van der Waals surface area contributed by atoms with Crippen LogP contribution in [0.1, 0.15) is 16.0 Å². The van der Waals surface area contributed by atoms with Gasteiger partial charge in [0.2, 0.25) is 0 Å². The summed E-state index contributed by atoms with van der Waals surface area (Å²) < 4.78 is 0. The molecule has 1 fully saturated rings. The van der Waals surface area contributed by atoms with E-state index in [4.69, 9.17) is 11.6 Å². The van der Waals surface area contributed by atoms with Gasteiger partial charge in [-0.25, -0.2) is 5.43 Å². The number of hydrazine groups is 1. The van der Waals surface area contributed by atoms with E-state index < -0.39 is 0 Å². The molecule has 1 aliphatic carbocycles. The molecular weight excluding hydrogens is 356 g/mol. The number of rotatable bonds is 2. The molecule has 130 valence electrons. The van der Waals surface area contributed by atoms with Crippen molar-refractivity contribution in [2.45, 2.75) is 19.1 Å². The minimum atomic E-state index is -0.0160. The summed E-state index contributed by atoms with van der Waals surface area (Å²) in [6.45, 7) is 2.33. The lowest BCUT2D eigenvalue weighted by Gasteiger charge is -2.31. The van der Waals surface area contributed by atoms with Gasteiger partial charge in [0, 0.05) is 17.0 Å². The van der Waals surface area contributed by atoms with E-state index in [1.54, 1.807) is 0 Å². The average Bonchev–Trinajstić information content (AvgIpc) is 3.28. The van der Waals surface area contributed by atoms with E-state index in [1.165, 1.54) is 21.0 Å². The van der Waals surface area contributed by atoms with Gasteiger partial charge in [-0.3, -0.25) is 0 Å². The number of halogens is 1. The summed E-state index contributed by atoms with van der Waals surface area (Å²) >= 11 is 8.36. The number of para-hydroxylation sites is 1. The number of fused-ring (bicyclic) bond motifs is 5. The highest BCUT2D eigenvalue weighted by Gasteiger charge is 2.39. The van der Waals surface area contributed by atoms with Gasteiger partial charge in [0.25, 0.3) is 0 Å². The Kier molecular flexibility index (Phi) is 3.76. The number of anilines is 2. The first-order valence-corrected chi connectivity index (χ1v) is 9.64. The van der Waals surface area contributed by atoms with Crippen molar-refractivity contribution in [3.8, 4) is 0 Å². The molecule has 1 aromatic heterocycles. The Bertz CT molecular complexity index is 852. The second-order valence-corrected chi connectivity index (χ2v) is 7.98. The highest BCUT2D eigenvalue weighted by Crippen LogP contribution is 2.45. The Morgan fingerprint density at radius 1 is 1.28 bits per heavy atom. The van der Waals surface area contributed by atoms with Crippen molar-refractivity contribution in [3.05, 3.63) is 51.4 Å². The molecule has 2 aromatic rings. The molecular formula is C18H19ClN4OS. The molecule has 0 bridgehead atoms. The zero-order valence-corrected chi connectivity index (χ0v) is 15.2. The van der Waals surface area contributed by atoms with Crippen LogP contribution in [-0.2, 0) is 13.0 Å². The molecule has 0 radical (unpaired) electrons. The van der Waals surface area contributed by atoms with Gasteiger partial charge in [0.15, 0.2) is 0 Å². The number of nitrogens with zero attached hydrogens (tertiary/aromatic N) is 3. The van der Waals surface area contributed by atoms with Crippen molar-refractivity contribution in [2.24, 2.45) is 0 Å². The molecule has 0 saturated carbocycles. The first-order chi connectivity index (χ1) is 12.3. The van der Waals surface area contributed by atoms with Crippen molar-refractivity contribution in [2.75, 3.05) is 29.7 Å². The first-order valence-electron chi connectivity index (χ1n) is 8.44. The van der Waals surface area contributed by atoms with Gasteiger partial charge < -0.3 is 14.9 Å². The molecule has 25 heavy (non-hydrogen) atoms. The van der Waals surface area contributed by atoms with E-state index in [2.05, 4.69) is 33.4 Å². The molecule has 0 spiro atoms. The first kappa shape index (κ1) is 15.7. The summed E-state index contributed by atoms with van der Waals surface area (Å²) in [7, 11) is 0. The second kappa shape index (κ2) is 6.00. The summed E-state index contributed by atoms with van der Waals surface area (Å²) in [5.41, 5.74) is 7.20. The molecule has 0 amide bonds. The fourth-order valence-corrected chi connectivity index (χ4v) is 5.55. The number of aliphatic hydroxyl groups excluding tert-OH is 1. The minimum Gasteiger partial charge on any atom is -0.380 e. The normalized spacial score (nSPS) is 22.1.